The zero-order valence-corrected chi connectivity index (χ0v) is 23.4. The number of anilines is 1. The number of rotatable bonds is 7. The van der Waals surface area contributed by atoms with E-state index in [0.29, 0.717) is 11.2 Å². The molecule has 0 radical (unpaired) electrons. The van der Waals surface area contributed by atoms with Crippen molar-refractivity contribution >= 4 is 29.0 Å². The Labute approximate surface area is 239 Å². The topological polar surface area (TPSA) is 79.6 Å². The van der Waals surface area contributed by atoms with Crippen molar-refractivity contribution in [3.63, 3.8) is 0 Å². The minimum absolute atomic E-state index is 0.174. The van der Waals surface area contributed by atoms with Gasteiger partial charge in [-0.25, -0.2) is 4.79 Å². The van der Waals surface area contributed by atoms with Crippen molar-refractivity contribution in [2.24, 2.45) is 0 Å². The van der Waals surface area contributed by atoms with Crippen LogP contribution in [-0.4, -0.2) is 31.8 Å². The molecule has 1 aliphatic heterocycles. The summed E-state index contributed by atoms with van der Waals surface area (Å²) < 4.78 is 8.32. The summed E-state index contributed by atoms with van der Waals surface area (Å²) >= 11 is 5.93. The summed E-state index contributed by atoms with van der Waals surface area (Å²) in [6.07, 6.45) is 6.78. The monoisotopic (exact) mass is 552 g/mol. The zero-order valence-electron chi connectivity index (χ0n) is 22.6. The first-order valence-corrected chi connectivity index (χ1v) is 14.1. The number of carbonyl (C=O) groups is 1. The predicted octanol–water partition coefficient (Wildman–Crippen LogP) is 6.69. The number of hydrogen-bond donors (Lipinski definition) is 2. The number of pyridine rings is 1. The molecule has 2 atom stereocenters. The third-order valence-corrected chi connectivity index (χ3v) is 8.27. The fraction of sp³-hybridized carbons (Fsp3) is 0.281. The normalized spacial score (nSPS) is 19.1. The zero-order chi connectivity index (χ0) is 27.8. The van der Waals surface area contributed by atoms with Crippen LogP contribution in [-0.2, 0) is 0 Å². The fourth-order valence-corrected chi connectivity index (χ4v) is 6.44. The number of aromatic nitrogens is 2. The standard InChI is InChI=1S/C32H32N4O3S/c1-20-18-27(21(2)35(20)24-9-7-8-22(19-24)31(37)38)30-29(28-12-5-6-17-33-28)34-32(40)36(30)23-13-15-26(16-14-23)39-25-10-3-4-11-25/h5-9,12-19,25,29-30H,3-4,10-11H2,1-2H3,(H,34,40)(H,37,38). The lowest BCUT2D eigenvalue weighted by Gasteiger charge is -2.28. The van der Waals surface area contributed by atoms with Crippen molar-refractivity contribution in [2.75, 3.05) is 4.90 Å². The number of benzene rings is 2. The smallest absolute Gasteiger partial charge is 0.335 e. The van der Waals surface area contributed by atoms with Gasteiger partial charge in [0, 0.05) is 29.0 Å². The molecule has 2 aromatic heterocycles. The van der Waals surface area contributed by atoms with E-state index in [-0.39, 0.29) is 17.6 Å². The molecule has 4 aromatic rings. The Hall–Kier alpha value is -4.17. The second kappa shape index (κ2) is 10.8. The number of ether oxygens (including phenoxy) is 1. The van der Waals surface area contributed by atoms with Crippen LogP contribution in [0.5, 0.6) is 5.75 Å². The van der Waals surface area contributed by atoms with Gasteiger partial charge >= 0.3 is 5.97 Å². The number of aryl methyl sites for hydroxylation is 1. The summed E-state index contributed by atoms with van der Waals surface area (Å²) in [7, 11) is 0. The van der Waals surface area contributed by atoms with Crippen LogP contribution in [0.3, 0.4) is 0 Å². The Bertz CT molecular complexity index is 1540. The van der Waals surface area contributed by atoms with Crippen molar-refractivity contribution in [3.8, 4) is 11.4 Å². The van der Waals surface area contributed by atoms with Crippen LogP contribution in [0, 0.1) is 13.8 Å². The van der Waals surface area contributed by atoms with E-state index in [4.69, 9.17) is 17.0 Å². The largest absolute Gasteiger partial charge is 0.490 e. The molecule has 1 aliphatic carbocycles. The molecule has 6 rings (SSSR count). The number of aromatic carboxylic acids is 1. The van der Waals surface area contributed by atoms with Gasteiger partial charge in [-0.15, -0.1) is 0 Å². The van der Waals surface area contributed by atoms with Gasteiger partial charge in [-0.1, -0.05) is 12.1 Å². The van der Waals surface area contributed by atoms with Gasteiger partial charge in [0.2, 0.25) is 0 Å². The van der Waals surface area contributed by atoms with E-state index in [2.05, 4.69) is 44.9 Å². The van der Waals surface area contributed by atoms with Crippen LogP contribution in [0.1, 0.15) is 70.8 Å². The predicted molar refractivity (Wildman–Crippen MR) is 159 cm³/mol. The lowest BCUT2D eigenvalue weighted by Crippen LogP contribution is -2.29. The van der Waals surface area contributed by atoms with Crippen LogP contribution < -0.4 is 15.0 Å². The highest BCUT2D eigenvalue weighted by atomic mass is 32.1. The molecule has 40 heavy (non-hydrogen) atoms. The van der Waals surface area contributed by atoms with E-state index in [9.17, 15) is 9.90 Å². The number of nitrogens with zero attached hydrogens (tertiary/aromatic N) is 3. The number of nitrogens with one attached hydrogen (secondary N) is 1. The second-order valence-electron chi connectivity index (χ2n) is 10.5. The van der Waals surface area contributed by atoms with Gasteiger partial charge in [0.25, 0.3) is 0 Å². The molecular formula is C32H32N4O3S. The van der Waals surface area contributed by atoms with Crippen LogP contribution in [0.25, 0.3) is 5.69 Å². The van der Waals surface area contributed by atoms with Crippen LogP contribution in [0.2, 0.25) is 0 Å². The summed E-state index contributed by atoms with van der Waals surface area (Å²) in [5.41, 5.74) is 6.05. The maximum atomic E-state index is 11.7. The number of carboxylic acids is 1. The average Bonchev–Trinajstić information content (AvgIpc) is 3.67. The van der Waals surface area contributed by atoms with E-state index in [0.717, 1.165) is 52.6 Å². The maximum Gasteiger partial charge on any atom is 0.335 e. The minimum Gasteiger partial charge on any atom is -0.490 e. The van der Waals surface area contributed by atoms with Crippen LogP contribution >= 0.6 is 12.2 Å². The lowest BCUT2D eigenvalue weighted by molar-refractivity contribution is 0.0697. The molecule has 0 bridgehead atoms. The number of carboxylic acid groups (broad SMARTS) is 1. The maximum absolute atomic E-state index is 11.7. The summed E-state index contributed by atoms with van der Waals surface area (Å²) in [6, 6.07) is 23.0. The number of thiocarbonyl (C=S) groups is 1. The fourth-order valence-electron chi connectivity index (χ4n) is 6.10. The molecule has 2 N–H and O–H groups in total. The van der Waals surface area contributed by atoms with Gasteiger partial charge in [0.05, 0.1) is 29.4 Å². The van der Waals surface area contributed by atoms with E-state index >= 15 is 0 Å². The highest BCUT2D eigenvalue weighted by Gasteiger charge is 2.42. The van der Waals surface area contributed by atoms with Crippen molar-refractivity contribution in [1.82, 2.24) is 14.9 Å². The van der Waals surface area contributed by atoms with E-state index in [1.165, 1.54) is 12.8 Å². The van der Waals surface area contributed by atoms with Crippen molar-refractivity contribution in [3.05, 3.63) is 107 Å². The average molecular weight is 553 g/mol. The molecule has 8 heteroatoms. The van der Waals surface area contributed by atoms with Gasteiger partial charge < -0.3 is 24.6 Å². The molecule has 1 saturated heterocycles. The minimum atomic E-state index is -0.948. The van der Waals surface area contributed by atoms with Crippen molar-refractivity contribution in [1.29, 1.82) is 0 Å². The molecule has 2 aromatic carbocycles. The summed E-state index contributed by atoms with van der Waals surface area (Å²) in [6.45, 7) is 4.11. The molecule has 204 valence electrons. The molecule has 0 amide bonds. The Kier molecular flexibility index (Phi) is 7.02. The summed E-state index contributed by atoms with van der Waals surface area (Å²) in [4.78, 5) is 18.5. The second-order valence-corrected chi connectivity index (χ2v) is 10.9. The van der Waals surface area contributed by atoms with E-state index in [1.807, 2.05) is 43.3 Å². The highest BCUT2D eigenvalue weighted by molar-refractivity contribution is 7.80. The van der Waals surface area contributed by atoms with Gasteiger partial charge in [-0.05, 0) is 118 Å². The third-order valence-electron chi connectivity index (χ3n) is 7.96. The molecule has 3 heterocycles. The first-order chi connectivity index (χ1) is 19.4. The van der Waals surface area contributed by atoms with E-state index in [1.54, 1.807) is 24.4 Å². The molecule has 7 nitrogen and oxygen atoms in total. The molecule has 2 fully saturated rings. The van der Waals surface area contributed by atoms with Crippen molar-refractivity contribution < 1.29 is 14.6 Å². The Balaban J connectivity index is 1.42. The van der Waals surface area contributed by atoms with Crippen LogP contribution in [0.15, 0.2) is 79.0 Å². The molecule has 0 spiro atoms. The number of hydrogen-bond acceptors (Lipinski definition) is 4. The lowest BCUT2D eigenvalue weighted by atomic mass is 9.96. The first-order valence-electron chi connectivity index (χ1n) is 13.7. The SMILES string of the molecule is Cc1cc(C2C(c3ccccn3)NC(=S)N2c2ccc(OC3CCCC3)cc2)c(C)n1-c1cccc(C(=O)O)c1. The Morgan fingerprint density at radius 3 is 2.48 bits per heavy atom. The molecule has 1 saturated carbocycles. The van der Waals surface area contributed by atoms with E-state index < -0.39 is 5.97 Å². The molecule has 2 unspecified atom stereocenters. The Morgan fingerprint density at radius 1 is 1.00 bits per heavy atom. The molecule has 2 aliphatic rings. The summed E-state index contributed by atoms with van der Waals surface area (Å²) in [5, 5.41) is 13.7. The quantitative estimate of drug-likeness (QED) is 0.247. The van der Waals surface area contributed by atoms with Gasteiger partial charge in [-0.3, -0.25) is 4.98 Å². The van der Waals surface area contributed by atoms with Gasteiger partial charge in [0.1, 0.15) is 5.75 Å². The first kappa shape index (κ1) is 26.1. The van der Waals surface area contributed by atoms with Gasteiger partial charge in [0.15, 0.2) is 5.11 Å². The van der Waals surface area contributed by atoms with Crippen molar-refractivity contribution in [2.45, 2.75) is 57.7 Å². The third kappa shape index (κ3) is 4.84. The van der Waals surface area contributed by atoms with Crippen LogP contribution in [0.4, 0.5) is 5.69 Å². The highest BCUT2D eigenvalue weighted by Crippen LogP contribution is 2.44. The Morgan fingerprint density at radius 2 is 1.77 bits per heavy atom. The summed E-state index contributed by atoms with van der Waals surface area (Å²) in [5.74, 6) is -0.0698. The van der Waals surface area contributed by atoms with Gasteiger partial charge in [-0.2, -0.15) is 0 Å². The molecular weight excluding hydrogens is 520 g/mol.